The number of benzene rings is 1. The lowest BCUT2D eigenvalue weighted by Gasteiger charge is -2.45. The number of halogens is 2. The van der Waals surface area contributed by atoms with E-state index < -0.39 is 0 Å². The van der Waals surface area contributed by atoms with Crippen LogP contribution in [0.25, 0.3) is 0 Å². The molecule has 2 aromatic rings. The van der Waals surface area contributed by atoms with E-state index in [9.17, 15) is 8.78 Å². The highest BCUT2D eigenvalue weighted by molar-refractivity contribution is 5.21. The van der Waals surface area contributed by atoms with Crippen LogP contribution in [-0.4, -0.2) is 37.0 Å². The Labute approximate surface area is 164 Å². The zero-order valence-corrected chi connectivity index (χ0v) is 15.9. The van der Waals surface area contributed by atoms with E-state index in [2.05, 4.69) is 10.3 Å². The Morgan fingerprint density at radius 3 is 2.75 bits per heavy atom. The molecule has 2 fully saturated rings. The van der Waals surface area contributed by atoms with Crippen molar-refractivity contribution in [1.82, 2.24) is 10.3 Å². The fourth-order valence-electron chi connectivity index (χ4n) is 4.52. The van der Waals surface area contributed by atoms with E-state index in [1.54, 1.807) is 18.2 Å². The minimum absolute atomic E-state index is 0.186. The molecule has 1 aromatic carbocycles. The average Bonchev–Trinajstić information content (AvgIpc) is 3.13. The Morgan fingerprint density at radius 2 is 2.00 bits per heavy atom. The van der Waals surface area contributed by atoms with E-state index in [0.29, 0.717) is 26.4 Å². The third kappa shape index (κ3) is 4.24. The maximum absolute atomic E-state index is 13.4. The number of aromatic nitrogens is 1. The molecule has 150 valence electrons. The van der Waals surface area contributed by atoms with Gasteiger partial charge in [-0.1, -0.05) is 12.1 Å². The lowest BCUT2D eigenvalue weighted by atomic mass is 9.68. The zero-order chi connectivity index (χ0) is 19.5. The van der Waals surface area contributed by atoms with Gasteiger partial charge >= 0.3 is 0 Å². The molecule has 4 nitrogen and oxygen atoms in total. The summed E-state index contributed by atoms with van der Waals surface area (Å²) in [5.74, 6) is -0.548. The molecule has 0 unspecified atom stereocenters. The van der Waals surface area contributed by atoms with Crippen LogP contribution < -0.4 is 5.32 Å². The molecule has 0 amide bonds. The van der Waals surface area contributed by atoms with Gasteiger partial charge in [0.25, 0.3) is 0 Å². The largest absolute Gasteiger partial charge is 0.378 e. The molecule has 4 rings (SSSR count). The molecule has 1 spiro atoms. The smallest absolute Gasteiger partial charge is 0.141 e. The van der Waals surface area contributed by atoms with Gasteiger partial charge in [-0.3, -0.25) is 4.98 Å². The van der Waals surface area contributed by atoms with Gasteiger partial charge in [0.2, 0.25) is 0 Å². The van der Waals surface area contributed by atoms with Crippen LogP contribution in [-0.2, 0) is 21.4 Å². The van der Waals surface area contributed by atoms with E-state index in [0.717, 1.165) is 43.5 Å². The molecular formula is C22H26F2N2O2. The monoisotopic (exact) mass is 388 g/mol. The highest BCUT2D eigenvalue weighted by Gasteiger charge is 2.49. The fourth-order valence-corrected chi connectivity index (χ4v) is 4.52. The predicted molar refractivity (Wildman–Crippen MR) is 102 cm³/mol. The molecule has 0 aliphatic carbocycles. The van der Waals surface area contributed by atoms with Gasteiger partial charge in [0, 0.05) is 37.3 Å². The van der Waals surface area contributed by atoms with Gasteiger partial charge in [0.15, 0.2) is 0 Å². The van der Waals surface area contributed by atoms with Gasteiger partial charge < -0.3 is 14.8 Å². The summed E-state index contributed by atoms with van der Waals surface area (Å²) in [7, 11) is 0. The number of hydrogen-bond acceptors (Lipinski definition) is 4. The summed E-state index contributed by atoms with van der Waals surface area (Å²) in [5.41, 5.74) is 1.38. The van der Waals surface area contributed by atoms with E-state index in [1.165, 1.54) is 18.3 Å². The second-order valence-corrected chi connectivity index (χ2v) is 7.96. The van der Waals surface area contributed by atoms with Gasteiger partial charge in [-0.15, -0.1) is 0 Å². The average molecular weight is 388 g/mol. The van der Waals surface area contributed by atoms with Crippen LogP contribution in [0.15, 0.2) is 42.6 Å². The summed E-state index contributed by atoms with van der Waals surface area (Å²) in [6, 6.07) is 9.91. The highest BCUT2D eigenvalue weighted by atomic mass is 19.1. The van der Waals surface area contributed by atoms with Crippen LogP contribution >= 0.6 is 0 Å². The van der Waals surface area contributed by atoms with Crippen LogP contribution in [0.1, 0.15) is 36.9 Å². The molecule has 2 aliphatic heterocycles. The molecule has 0 saturated carbocycles. The minimum atomic E-state index is -0.325. The molecule has 28 heavy (non-hydrogen) atoms. The van der Waals surface area contributed by atoms with E-state index >= 15 is 0 Å². The molecule has 3 heterocycles. The summed E-state index contributed by atoms with van der Waals surface area (Å²) >= 11 is 0. The van der Waals surface area contributed by atoms with Gasteiger partial charge in [-0.25, -0.2) is 8.78 Å². The van der Waals surface area contributed by atoms with Crippen molar-refractivity contribution in [3.63, 3.8) is 0 Å². The summed E-state index contributed by atoms with van der Waals surface area (Å²) in [6.07, 6.45) is 4.69. The Bertz CT molecular complexity index is 793. The number of nitrogens with zero attached hydrogens (tertiary/aromatic N) is 1. The normalized spacial score (nSPS) is 27.4. The molecule has 0 radical (unpaired) electrons. The molecular weight excluding hydrogens is 362 g/mol. The van der Waals surface area contributed by atoms with Gasteiger partial charge in [0.05, 0.1) is 18.4 Å². The first-order valence-electron chi connectivity index (χ1n) is 9.88. The highest BCUT2D eigenvalue weighted by Crippen LogP contribution is 2.46. The first kappa shape index (κ1) is 19.4. The topological polar surface area (TPSA) is 43.4 Å². The number of rotatable bonds is 6. The number of ether oxygens (including phenoxy) is 2. The van der Waals surface area contributed by atoms with Crippen molar-refractivity contribution >= 4 is 0 Å². The third-order valence-corrected chi connectivity index (χ3v) is 5.99. The second kappa shape index (κ2) is 8.23. The second-order valence-electron chi connectivity index (χ2n) is 7.96. The van der Waals surface area contributed by atoms with Gasteiger partial charge in [-0.05, 0) is 55.6 Å². The molecule has 2 aliphatic rings. The predicted octanol–water partition coefficient (Wildman–Crippen LogP) is 3.75. The summed E-state index contributed by atoms with van der Waals surface area (Å²) < 4.78 is 38.6. The zero-order valence-electron chi connectivity index (χ0n) is 15.9. The first-order chi connectivity index (χ1) is 13.6. The van der Waals surface area contributed by atoms with E-state index in [1.807, 2.05) is 6.07 Å². The summed E-state index contributed by atoms with van der Waals surface area (Å²) in [4.78, 5) is 4.43. The van der Waals surface area contributed by atoms with Crippen LogP contribution in [0.5, 0.6) is 0 Å². The Kier molecular flexibility index (Phi) is 5.71. The maximum Gasteiger partial charge on any atom is 0.141 e. The molecule has 6 heteroatoms. The van der Waals surface area contributed by atoms with Gasteiger partial charge in [-0.2, -0.15) is 0 Å². The lowest BCUT2D eigenvalue weighted by molar-refractivity contribution is -0.109. The standard InChI is InChI=1S/C22H26F2N2O2/c23-18-3-1-2-17(12-18)13-25-9-6-21(20-5-4-19(24)14-26-20)7-11-28-22(15-21)8-10-27-16-22/h1-5,12,14,25H,6-11,13,15-16H2/t21-,22-/m1/s1. The van der Waals surface area contributed by atoms with Crippen LogP contribution in [0.3, 0.4) is 0 Å². The summed E-state index contributed by atoms with van der Waals surface area (Å²) in [6.45, 7) is 3.33. The molecule has 1 N–H and O–H groups in total. The number of nitrogens with one attached hydrogen (secondary N) is 1. The molecule has 1 aromatic heterocycles. The quantitative estimate of drug-likeness (QED) is 0.766. The lowest BCUT2D eigenvalue weighted by Crippen LogP contribution is -2.49. The Balaban J connectivity index is 1.47. The minimum Gasteiger partial charge on any atom is -0.378 e. The fraction of sp³-hybridized carbons (Fsp3) is 0.500. The van der Waals surface area contributed by atoms with Gasteiger partial charge in [0.1, 0.15) is 11.6 Å². The van der Waals surface area contributed by atoms with Crippen molar-refractivity contribution in [3.8, 4) is 0 Å². The van der Waals surface area contributed by atoms with E-state index in [4.69, 9.17) is 9.47 Å². The van der Waals surface area contributed by atoms with Crippen molar-refractivity contribution < 1.29 is 18.3 Å². The van der Waals surface area contributed by atoms with Crippen LogP contribution in [0.4, 0.5) is 8.78 Å². The summed E-state index contributed by atoms with van der Waals surface area (Å²) in [5, 5.41) is 3.42. The van der Waals surface area contributed by atoms with Crippen molar-refractivity contribution in [2.75, 3.05) is 26.4 Å². The maximum atomic E-state index is 13.4. The van der Waals surface area contributed by atoms with Crippen molar-refractivity contribution in [1.29, 1.82) is 0 Å². The van der Waals surface area contributed by atoms with Crippen molar-refractivity contribution in [2.24, 2.45) is 0 Å². The van der Waals surface area contributed by atoms with E-state index in [-0.39, 0.29) is 22.7 Å². The molecule has 2 saturated heterocycles. The number of hydrogen-bond donors (Lipinski definition) is 1. The molecule has 2 atom stereocenters. The first-order valence-corrected chi connectivity index (χ1v) is 9.88. The Hall–Kier alpha value is -1.89. The third-order valence-electron chi connectivity index (χ3n) is 5.99. The van der Waals surface area contributed by atoms with Crippen LogP contribution in [0.2, 0.25) is 0 Å². The SMILES string of the molecule is Fc1ccc([C@]2(CCNCc3cccc(F)c3)CCO[C@]3(CCOC3)C2)nc1. The van der Waals surface area contributed by atoms with Crippen molar-refractivity contribution in [3.05, 3.63) is 65.5 Å². The van der Waals surface area contributed by atoms with Crippen molar-refractivity contribution in [2.45, 2.75) is 43.2 Å². The Morgan fingerprint density at radius 1 is 1.07 bits per heavy atom. The number of pyridine rings is 1. The van der Waals surface area contributed by atoms with Crippen LogP contribution in [0, 0.1) is 11.6 Å². The molecule has 0 bridgehead atoms.